The number of esters is 1. The minimum absolute atomic E-state index is 0.0164. The smallest absolute Gasteiger partial charge is 0.346 e. The summed E-state index contributed by atoms with van der Waals surface area (Å²) in [5.74, 6) is -1.81. The Morgan fingerprint density at radius 3 is 2.83 bits per heavy atom. The van der Waals surface area contributed by atoms with Gasteiger partial charge >= 0.3 is 5.97 Å². The first-order valence-electron chi connectivity index (χ1n) is 6.44. The maximum absolute atomic E-state index is 13.6. The Kier molecular flexibility index (Phi) is 5.12. The summed E-state index contributed by atoms with van der Waals surface area (Å²) < 4.78 is 27.6. The Balaban J connectivity index is 2.19. The second kappa shape index (κ2) is 7.05. The molecule has 2 rings (SSSR count). The molecule has 0 aliphatic rings. The molecule has 1 aromatic carbocycles. The molecule has 0 spiro atoms. The van der Waals surface area contributed by atoms with Crippen LogP contribution in [0.3, 0.4) is 0 Å². The van der Waals surface area contributed by atoms with E-state index in [2.05, 4.69) is 14.4 Å². The van der Waals surface area contributed by atoms with Crippen molar-refractivity contribution in [1.82, 2.24) is 9.69 Å². The van der Waals surface area contributed by atoms with Gasteiger partial charge < -0.3 is 20.5 Å². The van der Waals surface area contributed by atoms with Gasteiger partial charge in [-0.25, -0.2) is 9.18 Å². The molecule has 2 aromatic rings. The number of hydrogen-bond acceptors (Lipinski definition) is 7. The maximum atomic E-state index is 13.6. The molecule has 0 fully saturated rings. The van der Waals surface area contributed by atoms with Gasteiger partial charge in [-0.05, 0) is 29.2 Å². The largest absolute Gasteiger partial charge is 0.472 e. The van der Waals surface area contributed by atoms with E-state index in [9.17, 15) is 14.0 Å². The predicted molar refractivity (Wildman–Crippen MR) is 82.0 cm³/mol. The zero-order valence-electron chi connectivity index (χ0n) is 12.4. The number of amides is 1. The minimum atomic E-state index is -0.656. The molecular formula is C14H14FN3O4S. The van der Waals surface area contributed by atoms with E-state index in [4.69, 9.17) is 10.5 Å². The molecule has 0 atom stereocenters. The molecule has 0 aliphatic carbocycles. The third kappa shape index (κ3) is 3.57. The van der Waals surface area contributed by atoms with Gasteiger partial charge in [0.15, 0.2) is 5.56 Å². The number of carbonyl (C=O) groups is 2. The van der Waals surface area contributed by atoms with Gasteiger partial charge in [-0.15, -0.1) is 0 Å². The number of aromatic nitrogens is 1. The lowest BCUT2D eigenvalue weighted by atomic mass is 10.1. The highest BCUT2D eigenvalue weighted by molar-refractivity contribution is 7.10. The SMILES string of the molecule is CNC(=O)c1cc(COc2nsc(N)c2C(=O)OC)ccc1F. The molecule has 1 heterocycles. The molecular weight excluding hydrogens is 325 g/mol. The molecule has 0 radical (unpaired) electrons. The van der Waals surface area contributed by atoms with Crippen molar-refractivity contribution in [2.45, 2.75) is 6.61 Å². The molecule has 23 heavy (non-hydrogen) atoms. The van der Waals surface area contributed by atoms with Crippen LogP contribution in [0.15, 0.2) is 18.2 Å². The molecule has 0 aliphatic heterocycles. The lowest BCUT2D eigenvalue weighted by molar-refractivity contribution is 0.0596. The zero-order chi connectivity index (χ0) is 17.0. The number of benzene rings is 1. The summed E-state index contributed by atoms with van der Waals surface area (Å²) in [4.78, 5) is 23.2. The third-order valence-electron chi connectivity index (χ3n) is 2.95. The van der Waals surface area contributed by atoms with Crippen LogP contribution in [-0.2, 0) is 11.3 Å². The van der Waals surface area contributed by atoms with Crippen LogP contribution in [0.5, 0.6) is 5.88 Å². The summed E-state index contributed by atoms with van der Waals surface area (Å²) in [6.45, 7) is -0.0164. The predicted octanol–water partition coefficient (Wildman–Crippen LogP) is 1.59. The molecule has 1 aromatic heterocycles. The van der Waals surface area contributed by atoms with Gasteiger partial charge in [0.05, 0.1) is 12.7 Å². The summed E-state index contributed by atoms with van der Waals surface area (Å²) in [7, 11) is 2.63. The number of nitrogens with one attached hydrogen (secondary N) is 1. The number of carbonyl (C=O) groups excluding carboxylic acids is 2. The molecule has 1 amide bonds. The van der Waals surface area contributed by atoms with E-state index < -0.39 is 17.7 Å². The Morgan fingerprint density at radius 1 is 1.43 bits per heavy atom. The lowest BCUT2D eigenvalue weighted by Gasteiger charge is -2.08. The number of rotatable bonds is 5. The van der Waals surface area contributed by atoms with E-state index >= 15 is 0 Å². The highest BCUT2D eigenvalue weighted by Gasteiger charge is 2.21. The van der Waals surface area contributed by atoms with Crippen LogP contribution in [0.4, 0.5) is 9.39 Å². The average Bonchev–Trinajstić information content (AvgIpc) is 2.93. The van der Waals surface area contributed by atoms with Gasteiger partial charge in [-0.1, -0.05) is 6.07 Å². The minimum Gasteiger partial charge on any atom is -0.472 e. The van der Waals surface area contributed by atoms with Crippen LogP contribution in [0.25, 0.3) is 0 Å². The maximum Gasteiger partial charge on any atom is 0.346 e. The molecule has 0 unspecified atom stereocenters. The molecule has 0 saturated carbocycles. The summed E-state index contributed by atoms with van der Waals surface area (Å²) in [6, 6.07) is 4.00. The Labute approximate surface area is 135 Å². The van der Waals surface area contributed by atoms with Gasteiger partial charge in [-0.2, -0.15) is 4.37 Å². The first kappa shape index (κ1) is 16.7. The summed E-state index contributed by atoms with van der Waals surface area (Å²) in [5.41, 5.74) is 6.15. The van der Waals surface area contributed by atoms with Crippen molar-refractivity contribution in [1.29, 1.82) is 0 Å². The van der Waals surface area contributed by atoms with Gasteiger partial charge in [-0.3, -0.25) is 4.79 Å². The molecule has 9 heteroatoms. The number of anilines is 1. The Hall–Kier alpha value is -2.68. The molecule has 0 bridgehead atoms. The highest BCUT2D eigenvalue weighted by Crippen LogP contribution is 2.29. The summed E-state index contributed by atoms with van der Waals surface area (Å²) >= 11 is 0.902. The van der Waals surface area contributed by atoms with Crippen molar-refractivity contribution >= 4 is 28.4 Å². The van der Waals surface area contributed by atoms with Crippen molar-refractivity contribution in [2.24, 2.45) is 0 Å². The van der Waals surface area contributed by atoms with Gasteiger partial charge in [0.2, 0.25) is 5.88 Å². The van der Waals surface area contributed by atoms with E-state index in [1.54, 1.807) is 0 Å². The highest BCUT2D eigenvalue weighted by atomic mass is 32.1. The number of halogens is 1. The van der Waals surface area contributed by atoms with Crippen molar-refractivity contribution in [2.75, 3.05) is 19.9 Å². The van der Waals surface area contributed by atoms with E-state index in [1.807, 2.05) is 0 Å². The number of nitrogen functional groups attached to an aromatic ring is 1. The van der Waals surface area contributed by atoms with Crippen LogP contribution in [0.1, 0.15) is 26.3 Å². The van der Waals surface area contributed by atoms with E-state index in [-0.39, 0.29) is 28.6 Å². The molecule has 122 valence electrons. The van der Waals surface area contributed by atoms with Crippen LogP contribution >= 0.6 is 11.5 Å². The zero-order valence-corrected chi connectivity index (χ0v) is 13.2. The number of nitrogens with zero attached hydrogens (tertiary/aromatic N) is 1. The standard InChI is InChI=1S/C14H14FN3O4S/c1-17-12(19)8-5-7(3-4-9(8)15)6-22-13-10(14(20)21-2)11(16)23-18-13/h3-5H,6,16H2,1-2H3,(H,17,19). The third-order valence-corrected chi connectivity index (χ3v) is 3.61. The summed E-state index contributed by atoms with van der Waals surface area (Å²) in [5, 5.41) is 2.53. The fourth-order valence-electron chi connectivity index (χ4n) is 1.80. The molecule has 7 nitrogen and oxygen atoms in total. The van der Waals surface area contributed by atoms with Crippen LogP contribution in [0, 0.1) is 5.82 Å². The van der Waals surface area contributed by atoms with E-state index in [0.717, 1.165) is 11.5 Å². The number of methoxy groups -OCH3 is 1. The first-order chi connectivity index (χ1) is 11.0. The van der Waals surface area contributed by atoms with Crippen molar-refractivity contribution in [3.8, 4) is 5.88 Å². The Morgan fingerprint density at radius 2 is 2.17 bits per heavy atom. The fraction of sp³-hybridized carbons (Fsp3) is 0.214. The van der Waals surface area contributed by atoms with Crippen molar-refractivity contribution < 1.29 is 23.5 Å². The topological polar surface area (TPSA) is 104 Å². The first-order valence-corrected chi connectivity index (χ1v) is 7.22. The van der Waals surface area contributed by atoms with Gasteiger partial charge in [0.25, 0.3) is 5.91 Å². The quantitative estimate of drug-likeness (QED) is 0.802. The number of hydrogen-bond donors (Lipinski definition) is 2. The van der Waals surface area contributed by atoms with Gasteiger partial charge in [0.1, 0.15) is 17.4 Å². The summed E-state index contributed by atoms with van der Waals surface area (Å²) in [6.07, 6.45) is 0. The lowest BCUT2D eigenvalue weighted by Crippen LogP contribution is -2.19. The van der Waals surface area contributed by atoms with Crippen LogP contribution in [0.2, 0.25) is 0 Å². The monoisotopic (exact) mass is 339 g/mol. The van der Waals surface area contributed by atoms with E-state index in [0.29, 0.717) is 5.56 Å². The van der Waals surface area contributed by atoms with Crippen LogP contribution < -0.4 is 15.8 Å². The second-order valence-corrected chi connectivity index (χ2v) is 5.21. The average molecular weight is 339 g/mol. The van der Waals surface area contributed by atoms with Crippen molar-refractivity contribution in [3.05, 3.63) is 40.7 Å². The normalized spacial score (nSPS) is 10.2. The van der Waals surface area contributed by atoms with Crippen molar-refractivity contribution in [3.63, 3.8) is 0 Å². The number of nitrogens with two attached hydrogens (primary N) is 1. The second-order valence-electron chi connectivity index (χ2n) is 4.40. The van der Waals surface area contributed by atoms with E-state index in [1.165, 1.54) is 32.4 Å². The fourth-order valence-corrected chi connectivity index (χ4v) is 2.39. The Bertz CT molecular complexity index is 748. The molecule has 3 N–H and O–H groups in total. The molecule has 0 saturated heterocycles. The van der Waals surface area contributed by atoms with Crippen LogP contribution in [-0.4, -0.2) is 30.4 Å². The number of ether oxygens (including phenoxy) is 2. The van der Waals surface area contributed by atoms with Gasteiger partial charge in [0, 0.05) is 7.05 Å².